The van der Waals surface area contributed by atoms with Crippen LogP contribution in [0.5, 0.6) is 0 Å². The highest BCUT2D eigenvalue weighted by atomic mass is 16.5. The van der Waals surface area contributed by atoms with Crippen LogP contribution < -0.4 is 10.6 Å². The number of likely N-dealkylation sites (tertiary alicyclic amines) is 1. The van der Waals surface area contributed by atoms with Crippen LogP contribution in [0.25, 0.3) is 0 Å². The molecule has 136 valence electrons. The van der Waals surface area contributed by atoms with Gasteiger partial charge in [-0.2, -0.15) is 0 Å². The molecule has 4 unspecified atom stereocenters. The Labute approximate surface area is 147 Å². The van der Waals surface area contributed by atoms with Crippen LogP contribution in [-0.4, -0.2) is 54.1 Å². The van der Waals surface area contributed by atoms with Gasteiger partial charge in [-0.15, -0.1) is 0 Å². The molecule has 25 heavy (non-hydrogen) atoms. The van der Waals surface area contributed by atoms with Gasteiger partial charge >= 0.3 is 6.03 Å². The molecule has 0 aromatic carbocycles. The number of rotatable bonds is 6. The number of carbonyl (C=O) groups is 3. The van der Waals surface area contributed by atoms with Crippen molar-refractivity contribution in [1.82, 2.24) is 15.5 Å². The van der Waals surface area contributed by atoms with E-state index in [1.807, 2.05) is 13.8 Å². The predicted molar refractivity (Wildman–Crippen MR) is 89.4 cm³/mol. The number of hydrogen-bond acceptors (Lipinski definition) is 4. The summed E-state index contributed by atoms with van der Waals surface area (Å²) >= 11 is 0. The Hall–Kier alpha value is -1.89. The molecule has 0 aromatic heterocycles. The van der Waals surface area contributed by atoms with Crippen molar-refractivity contribution in [1.29, 1.82) is 0 Å². The fourth-order valence-electron chi connectivity index (χ4n) is 4.71. The summed E-state index contributed by atoms with van der Waals surface area (Å²) in [6.45, 7) is 5.04. The number of urea groups is 1. The number of allylic oxidation sites excluding steroid dienone is 2. The first-order valence-electron chi connectivity index (χ1n) is 9.16. The van der Waals surface area contributed by atoms with Crippen LogP contribution in [0.2, 0.25) is 0 Å². The van der Waals surface area contributed by atoms with E-state index >= 15 is 0 Å². The maximum absolute atomic E-state index is 12.5. The monoisotopic (exact) mass is 347 g/mol. The molecule has 3 fully saturated rings. The number of imide groups is 1. The van der Waals surface area contributed by atoms with Crippen molar-refractivity contribution in [2.24, 2.45) is 23.7 Å². The molecule has 4 rings (SSSR count). The van der Waals surface area contributed by atoms with Gasteiger partial charge in [0.2, 0.25) is 11.8 Å². The number of nitrogens with zero attached hydrogens (tertiary/aromatic N) is 1. The molecular weight excluding hydrogens is 322 g/mol. The summed E-state index contributed by atoms with van der Waals surface area (Å²) in [7, 11) is 0. The Morgan fingerprint density at radius 3 is 2.52 bits per heavy atom. The molecule has 2 bridgehead atoms. The summed E-state index contributed by atoms with van der Waals surface area (Å²) in [5, 5.41) is 5.61. The molecule has 4 aliphatic rings. The van der Waals surface area contributed by atoms with Crippen LogP contribution in [0.3, 0.4) is 0 Å². The lowest BCUT2D eigenvalue weighted by Gasteiger charge is -2.18. The lowest BCUT2D eigenvalue weighted by molar-refractivity contribution is -0.140. The molecule has 0 aromatic rings. The van der Waals surface area contributed by atoms with Gasteiger partial charge in [-0.05, 0) is 32.1 Å². The number of fused-ring (bicyclic) bond motifs is 5. The minimum absolute atomic E-state index is 0.0172. The second-order valence-electron chi connectivity index (χ2n) is 7.73. The molecule has 7 heteroatoms. The quantitative estimate of drug-likeness (QED) is 0.546. The minimum Gasteiger partial charge on any atom is -0.373 e. The maximum atomic E-state index is 12.5. The van der Waals surface area contributed by atoms with Crippen LogP contribution in [0, 0.1) is 23.7 Å². The summed E-state index contributed by atoms with van der Waals surface area (Å²) < 4.78 is 5.59. The zero-order valence-electron chi connectivity index (χ0n) is 14.7. The summed E-state index contributed by atoms with van der Waals surface area (Å²) in [5.41, 5.74) is -0.267. The second-order valence-corrected chi connectivity index (χ2v) is 7.73. The molecule has 0 radical (unpaired) electrons. The fourth-order valence-corrected chi connectivity index (χ4v) is 4.71. The maximum Gasteiger partial charge on any atom is 0.315 e. The van der Waals surface area contributed by atoms with Gasteiger partial charge in [0, 0.05) is 26.1 Å². The van der Waals surface area contributed by atoms with Crippen LogP contribution in [0.4, 0.5) is 4.79 Å². The first-order valence-corrected chi connectivity index (χ1v) is 9.16. The van der Waals surface area contributed by atoms with Crippen molar-refractivity contribution < 1.29 is 19.1 Å². The third-order valence-electron chi connectivity index (χ3n) is 6.15. The lowest BCUT2D eigenvalue weighted by atomic mass is 9.85. The van der Waals surface area contributed by atoms with E-state index in [1.54, 1.807) is 0 Å². The molecule has 2 saturated carbocycles. The molecule has 1 heterocycles. The molecule has 3 aliphatic carbocycles. The molecule has 6 atom stereocenters. The van der Waals surface area contributed by atoms with Crippen LogP contribution in [0.1, 0.15) is 26.7 Å². The zero-order valence-corrected chi connectivity index (χ0v) is 14.7. The Morgan fingerprint density at radius 2 is 1.92 bits per heavy atom. The minimum atomic E-state index is -0.283. The van der Waals surface area contributed by atoms with Gasteiger partial charge in [-0.25, -0.2) is 4.79 Å². The topological polar surface area (TPSA) is 87.7 Å². The molecular formula is C18H25N3O4. The Bertz CT molecular complexity index is 618. The average Bonchev–Trinajstić information content (AvgIpc) is 2.95. The third-order valence-corrected chi connectivity index (χ3v) is 6.15. The summed E-state index contributed by atoms with van der Waals surface area (Å²) in [6.07, 6.45) is 5.90. The summed E-state index contributed by atoms with van der Waals surface area (Å²) in [5.74, 6) is -0.0395. The van der Waals surface area contributed by atoms with Gasteiger partial charge in [-0.1, -0.05) is 12.2 Å². The molecule has 4 amide bonds. The highest BCUT2D eigenvalue weighted by molar-refractivity contribution is 6.06. The van der Waals surface area contributed by atoms with E-state index in [2.05, 4.69) is 22.8 Å². The number of ether oxygens (including phenoxy) is 1. The molecule has 1 saturated heterocycles. The fraction of sp³-hybridized carbons (Fsp3) is 0.722. The number of nitrogens with one attached hydrogen (secondary N) is 2. The van der Waals surface area contributed by atoms with E-state index in [0.717, 1.165) is 12.8 Å². The molecule has 0 spiro atoms. The standard InChI is InChI=1S/C18H25N3O4/c1-3-25-18(2)9-12(18)20-17(24)19-6-7-21-15(22)13-10-4-5-11(8-10)14(13)16(21)23/h4-5,10-14H,3,6-9H2,1-2H3,(H2,19,20,24)/t10?,11?,12-,13?,14?,18+/m1/s1. The van der Waals surface area contributed by atoms with Crippen LogP contribution in [-0.2, 0) is 14.3 Å². The SMILES string of the molecule is CCO[C@@]1(C)C[C@H]1NC(=O)NCCN1C(=O)C2C3C=CC(C3)C2C1=O. The largest absolute Gasteiger partial charge is 0.373 e. The van der Waals surface area contributed by atoms with Crippen LogP contribution >= 0.6 is 0 Å². The van der Waals surface area contributed by atoms with Gasteiger partial charge in [0.25, 0.3) is 0 Å². The van der Waals surface area contributed by atoms with E-state index < -0.39 is 0 Å². The van der Waals surface area contributed by atoms with Crippen LogP contribution in [0.15, 0.2) is 12.2 Å². The van der Waals surface area contributed by atoms with Gasteiger partial charge < -0.3 is 15.4 Å². The van der Waals surface area contributed by atoms with Crippen molar-refractivity contribution in [3.8, 4) is 0 Å². The normalized spacial score (nSPS) is 40.6. The lowest BCUT2D eigenvalue weighted by Crippen LogP contribution is -2.44. The average molecular weight is 347 g/mol. The smallest absolute Gasteiger partial charge is 0.315 e. The van der Waals surface area contributed by atoms with Gasteiger partial charge in [0.1, 0.15) is 0 Å². The van der Waals surface area contributed by atoms with Crippen molar-refractivity contribution in [3.63, 3.8) is 0 Å². The zero-order chi connectivity index (χ0) is 17.8. The van der Waals surface area contributed by atoms with Crippen molar-refractivity contribution in [3.05, 3.63) is 12.2 Å². The summed E-state index contributed by atoms with van der Waals surface area (Å²) in [4.78, 5) is 38.4. The third kappa shape index (κ3) is 2.65. The highest BCUT2D eigenvalue weighted by Crippen LogP contribution is 2.52. The van der Waals surface area contributed by atoms with Gasteiger partial charge in [0.15, 0.2) is 0 Å². The Balaban J connectivity index is 1.24. The van der Waals surface area contributed by atoms with Crippen molar-refractivity contribution in [2.45, 2.75) is 38.3 Å². The second kappa shape index (κ2) is 5.83. The predicted octanol–water partition coefficient (Wildman–Crippen LogP) is 0.660. The van der Waals surface area contributed by atoms with E-state index in [1.165, 1.54) is 4.90 Å². The van der Waals surface area contributed by atoms with Gasteiger partial charge in [-0.3, -0.25) is 14.5 Å². The molecule has 1 aliphatic heterocycles. The van der Waals surface area contributed by atoms with E-state index in [0.29, 0.717) is 6.61 Å². The van der Waals surface area contributed by atoms with Crippen molar-refractivity contribution >= 4 is 17.8 Å². The van der Waals surface area contributed by atoms with Crippen molar-refractivity contribution in [2.75, 3.05) is 19.7 Å². The van der Waals surface area contributed by atoms with Gasteiger partial charge in [0.05, 0.1) is 23.5 Å². The first kappa shape index (κ1) is 16.6. The summed E-state index contributed by atoms with van der Waals surface area (Å²) in [6, 6.07) is -0.266. The van der Waals surface area contributed by atoms with E-state index in [-0.39, 0.29) is 66.2 Å². The number of amides is 4. The number of hydrogen-bond donors (Lipinski definition) is 2. The Morgan fingerprint density at radius 1 is 1.28 bits per heavy atom. The number of carbonyl (C=O) groups excluding carboxylic acids is 3. The van der Waals surface area contributed by atoms with E-state index in [9.17, 15) is 14.4 Å². The first-order chi connectivity index (χ1) is 11.9. The molecule has 7 nitrogen and oxygen atoms in total. The van der Waals surface area contributed by atoms with E-state index in [4.69, 9.17) is 4.74 Å². The Kier molecular flexibility index (Phi) is 3.86. The highest BCUT2D eigenvalue weighted by Gasteiger charge is 2.59. The molecule has 2 N–H and O–H groups in total.